The number of carboxylic acid groups (broad SMARTS) is 2. The highest BCUT2D eigenvalue weighted by Crippen LogP contribution is 2.15. The summed E-state index contributed by atoms with van der Waals surface area (Å²) in [6.07, 6.45) is 1.33. The lowest BCUT2D eigenvalue weighted by Crippen LogP contribution is -2.11. The van der Waals surface area contributed by atoms with E-state index in [4.69, 9.17) is 10.2 Å². The van der Waals surface area contributed by atoms with Gasteiger partial charge in [-0.05, 0) is 32.0 Å². The lowest BCUT2D eigenvalue weighted by molar-refractivity contribution is -0.112. The second kappa shape index (κ2) is 5.81. The van der Waals surface area contributed by atoms with Gasteiger partial charge in [0.25, 0.3) is 0 Å². The molecule has 6 heteroatoms. The zero-order valence-electron chi connectivity index (χ0n) is 10.4. The van der Waals surface area contributed by atoms with E-state index in [1.54, 1.807) is 13.8 Å². The van der Waals surface area contributed by atoms with Gasteiger partial charge in [0.1, 0.15) is 0 Å². The number of rotatable bonds is 4. The van der Waals surface area contributed by atoms with Crippen LogP contribution in [0.2, 0.25) is 0 Å². The van der Waals surface area contributed by atoms with Crippen LogP contribution in [0.4, 0.5) is 5.69 Å². The van der Waals surface area contributed by atoms with Crippen molar-refractivity contribution in [1.82, 2.24) is 0 Å². The maximum absolute atomic E-state index is 11.5. The van der Waals surface area contributed by atoms with Crippen molar-refractivity contribution in [2.45, 2.75) is 13.8 Å². The van der Waals surface area contributed by atoms with Crippen LogP contribution < -0.4 is 5.32 Å². The second-order valence-corrected chi connectivity index (χ2v) is 4.12. The molecule has 0 aliphatic carbocycles. The summed E-state index contributed by atoms with van der Waals surface area (Å²) in [5.74, 6) is -2.97. The molecule has 0 atom stereocenters. The molecular formula is C13H13NO5. The zero-order valence-corrected chi connectivity index (χ0v) is 10.4. The van der Waals surface area contributed by atoms with Gasteiger partial charge in [-0.15, -0.1) is 0 Å². The zero-order chi connectivity index (χ0) is 14.6. The number of hydrogen-bond acceptors (Lipinski definition) is 3. The summed E-state index contributed by atoms with van der Waals surface area (Å²) in [7, 11) is 0. The van der Waals surface area contributed by atoms with Gasteiger partial charge >= 0.3 is 11.9 Å². The van der Waals surface area contributed by atoms with Crippen LogP contribution in [-0.4, -0.2) is 28.1 Å². The predicted molar refractivity (Wildman–Crippen MR) is 68.4 cm³/mol. The third-order valence-corrected chi connectivity index (χ3v) is 2.11. The molecule has 1 aromatic rings. The Kier molecular flexibility index (Phi) is 4.41. The van der Waals surface area contributed by atoms with E-state index in [0.717, 1.165) is 11.6 Å². The molecule has 0 spiro atoms. The smallest absolute Gasteiger partial charge is 0.335 e. The fourth-order valence-corrected chi connectivity index (χ4v) is 1.39. The van der Waals surface area contributed by atoms with Crippen molar-refractivity contribution in [3.05, 3.63) is 41.0 Å². The quantitative estimate of drug-likeness (QED) is 0.720. The standard InChI is InChI=1S/C13H13NO5/c1-7(2)3-11(15)14-10-5-8(12(16)17)4-9(6-10)13(18)19/h3-6H,1-2H3,(H,14,15)(H,16,17)(H,18,19). The van der Waals surface area contributed by atoms with E-state index in [9.17, 15) is 14.4 Å². The number of hydrogen-bond donors (Lipinski definition) is 3. The van der Waals surface area contributed by atoms with Crippen LogP contribution in [0, 0.1) is 0 Å². The number of nitrogens with one attached hydrogen (secondary N) is 1. The molecule has 3 N–H and O–H groups in total. The van der Waals surface area contributed by atoms with Crippen LogP contribution in [0.15, 0.2) is 29.8 Å². The molecule has 0 heterocycles. The van der Waals surface area contributed by atoms with E-state index in [0.29, 0.717) is 0 Å². The number of allylic oxidation sites excluding steroid dienone is 1. The number of benzene rings is 1. The molecule has 0 saturated carbocycles. The number of anilines is 1. The molecule has 100 valence electrons. The summed E-state index contributed by atoms with van der Waals surface area (Å²) in [6, 6.07) is 3.43. The maximum atomic E-state index is 11.5. The van der Waals surface area contributed by atoms with E-state index in [1.165, 1.54) is 18.2 Å². The van der Waals surface area contributed by atoms with Crippen molar-refractivity contribution >= 4 is 23.5 Å². The van der Waals surface area contributed by atoms with Crippen LogP contribution in [0.5, 0.6) is 0 Å². The average Bonchev–Trinajstić information content (AvgIpc) is 2.26. The van der Waals surface area contributed by atoms with Crippen molar-refractivity contribution in [3.63, 3.8) is 0 Å². The molecule has 0 radical (unpaired) electrons. The minimum atomic E-state index is -1.26. The highest BCUT2D eigenvalue weighted by molar-refractivity contribution is 6.02. The molecule has 1 amide bonds. The van der Waals surface area contributed by atoms with Crippen molar-refractivity contribution < 1.29 is 24.6 Å². The minimum Gasteiger partial charge on any atom is -0.478 e. The van der Waals surface area contributed by atoms with E-state index >= 15 is 0 Å². The first kappa shape index (κ1) is 14.4. The Bertz CT molecular complexity index is 538. The number of carbonyl (C=O) groups is 3. The van der Waals surface area contributed by atoms with Crippen LogP contribution in [0.1, 0.15) is 34.6 Å². The largest absolute Gasteiger partial charge is 0.478 e. The lowest BCUT2D eigenvalue weighted by atomic mass is 10.1. The van der Waals surface area contributed by atoms with Crippen molar-refractivity contribution in [2.75, 3.05) is 5.32 Å². The van der Waals surface area contributed by atoms with Crippen molar-refractivity contribution in [3.8, 4) is 0 Å². The van der Waals surface area contributed by atoms with Gasteiger partial charge < -0.3 is 15.5 Å². The van der Waals surface area contributed by atoms with Gasteiger partial charge in [-0.3, -0.25) is 4.79 Å². The first-order valence-corrected chi connectivity index (χ1v) is 5.37. The fraction of sp³-hybridized carbons (Fsp3) is 0.154. The van der Waals surface area contributed by atoms with Gasteiger partial charge in [-0.2, -0.15) is 0 Å². The topological polar surface area (TPSA) is 104 Å². The van der Waals surface area contributed by atoms with Crippen LogP contribution in [0.3, 0.4) is 0 Å². The van der Waals surface area contributed by atoms with Crippen LogP contribution >= 0.6 is 0 Å². The number of aromatic carboxylic acids is 2. The molecule has 0 bridgehead atoms. The predicted octanol–water partition coefficient (Wildman–Crippen LogP) is 1.99. The molecule has 0 unspecified atom stereocenters. The molecule has 0 aliphatic heterocycles. The maximum Gasteiger partial charge on any atom is 0.335 e. The third kappa shape index (κ3) is 4.27. The van der Waals surface area contributed by atoms with E-state index < -0.39 is 17.8 Å². The second-order valence-electron chi connectivity index (χ2n) is 4.12. The van der Waals surface area contributed by atoms with Crippen molar-refractivity contribution in [1.29, 1.82) is 0 Å². The summed E-state index contributed by atoms with van der Waals surface area (Å²) >= 11 is 0. The Morgan fingerprint density at radius 2 is 1.47 bits per heavy atom. The normalized spacial score (nSPS) is 9.58. The Morgan fingerprint density at radius 3 is 1.84 bits per heavy atom. The summed E-state index contributed by atoms with van der Waals surface area (Å²) in [5, 5.41) is 20.2. The molecule has 0 aliphatic rings. The number of amides is 1. The molecule has 6 nitrogen and oxygen atoms in total. The lowest BCUT2D eigenvalue weighted by Gasteiger charge is -2.06. The molecule has 1 aromatic carbocycles. The molecule has 19 heavy (non-hydrogen) atoms. The number of carbonyl (C=O) groups excluding carboxylic acids is 1. The van der Waals surface area contributed by atoms with Gasteiger partial charge in [0, 0.05) is 11.8 Å². The Hall–Kier alpha value is -2.63. The van der Waals surface area contributed by atoms with E-state index in [2.05, 4.69) is 5.32 Å². The summed E-state index contributed by atoms with van der Waals surface area (Å²) in [5.41, 5.74) is 0.491. The van der Waals surface area contributed by atoms with Gasteiger partial charge in [0.15, 0.2) is 0 Å². The van der Waals surface area contributed by atoms with Gasteiger partial charge in [0.2, 0.25) is 5.91 Å². The summed E-state index contributed by atoms with van der Waals surface area (Å²) in [6.45, 7) is 3.46. The van der Waals surface area contributed by atoms with E-state index in [1.807, 2.05) is 0 Å². The first-order chi connectivity index (χ1) is 8.79. The SMILES string of the molecule is CC(C)=CC(=O)Nc1cc(C(=O)O)cc(C(=O)O)c1. The monoisotopic (exact) mass is 263 g/mol. The Balaban J connectivity index is 3.13. The van der Waals surface area contributed by atoms with E-state index in [-0.39, 0.29) is 16.8 Å². The highest BCUT2D eigenvalue weighted by Gasteiger charge is 2.12. The summed E-state index contributed by atoms with van der Waals surface area (Å²) < 4.78 is 0. The van der Waals surface area contributed by atoms with Gasteiger partial charge in [-0.1, -0.05) is 5.57 Å². The van der Waals surface area contributed by atoms with Crippen molar-refractivity contribution in [2.24, 2.45) is 0 Å². The minimum absolute atomic E-state index is 0.125. The average molecular weight is 263 g/mol. The molecule has 0 saturated heterocycles. The molecular weight excluding hydrogens is 250 g/mol. The van der Waals surface area contributed by atoms with Gasteiger partial charge in [0.05, 0.1) is 11.1 Å². The number of carboxylic acids is 2. The third-order valence-electron chi connectivity index (χ3n) is 2.11. The highest BCUT2D eigenvalue weighted by atomic mass is 16.4. The summed E-state index contributed by atoms with van der Waals surface area (Å²) in [4.78, 5) is 33.3. The van der Waals surface area contributed by atoms with Gasteiger partial charge in [-0.25, -0.2) is 9.59 Å². The molecule has 0 fully saturated rings. The fourth-order valence-electron chi connectivity index (χ4n) is 1.39. The van der Waals surface area contributed by atoms with Crippen LogP contribution in [-0.2, 0) is 4.79 Å². The van der Waals surface area contributed by atoms with Crippen LogP contribution in [0.25, 0.3) is 0 Å². The molecule has 1 rings (SSSR count). The first-order valence-electron chi connectivity index (χ1n) is 5.37. The molecule has 0 aromatic heterocycles. The Labute approximate surface area is 109 Å². The Morgan fingerprint density at radius 1 is 1.00 bits per heavy atom.